The Kier molecular flexibility index (Phi) is 3.72. The fourth-order valence-corrected chi connectivity index (χ4v) is 1.34. The minimum Gasteiger partial charge on any atom is -0.483 e. The Morgan fingerprint density at radius 2 is 1.80 bits per heavy atom. The summed E-state index contributed by atoms with van der Waals surface area (Å²) in [6.45, 7) is 6.25. The van der Waals surface area contributed by atoms with Crippen LogP contribution in [0.4, 0.5) is 0 Å². The first-order chi connectivity index (χ1) is 7.06. The lowest BCUT2D eigenvalue weighted by molar-refractivity contribution is 0.307. The molecule has 0 fully saturated rings. The van der Waals surface area contributed by atoms with Gasteiger partial charge in [-0.1, -0.05) is 12.1 Å². The van der Waals surface area contributed by atoms with Crippen LogP contribution in [0.2, 0.25) is 0 Å². The molecule has 0 radical (unpaired) electrons. The lowest BCUT2D eigenvalue weighted by Crippen LogP contribution is -2.13. The Bertz CT molecular complexity index is 372. The molecule has 1 aromatic rings. The molecule has 1 rings (SSSR count). The van der Waals surface area contributed by atoms with Gasteiger partial charge in [0.15, 0.2) is 6.61 Å². The van der Waals surface area contributed by atoms with E-state index in [1.54, 1.807) is 0 Å². The first-order valence-electron chi connectivity index (χ1n) is 4.87. The van der Waals surface area contributed by atoms with Gasteiger partial charge in [0.05, 0.1) is 7.11 Å². The van der Waals surface area contributed by atoms with E-state index in [2.05, 4.69) is 6.07 Å². The molecule has 0 aliphatic carbocycles. The van der Waals surface area contributed by atoms with Crippen molar-refractivity contribution in [2.45, 2.75) is 20.8 Å². The monoisotopic (exact) mass is 207 g/mol. The molecule has 0 amide bonds. The molecule has 1 aromatic carbocycles. The van der Waals surface area contributed by atoms with Gasteiger partial charge in [-0.2, -0.15) is 0 Å². The highest BCUT2D eigenvalue weighted by Gasteiger charge is 2.07. The second kappa shape index (κ2) is 4.82. The number of hydrogen-bond acceptors (Lipinski definition) is 3. The van der Waals surface area contributed by atoms with Gasteiger partial charge in [-0.3, -0.25) is 5.41 Å². The van der Waals surface area contributed by atoms with Crippen LogP contribution in [0.15, 0.2) is 12.1 Å². The van der Waals surface area contributed by atoms with Crippen molar-refractivity contribution >= 4 is 5.90 Å². The summed E-state index contributed by atoms with van der Waals surface area (Å²) < 4.78 is 10.3. The first kappa shape index (κ1) is 11.6. The Labute approximate surface area is 90.5 Å². The van der Waals surface area contributed by atoms with Crippen LogP contribution in [0.3, 0.4) is 0 Å². The summed E-state index contributed by atoms with van der Waals surface area (Å²) >= 11 is 0. The van der Waals surface area contributed by atoms with Gasteiger partial charge in [0, 0.05) is 0 Å². The van der Waals surface area contributed by atoms with Crippen molar-refractivity contribution in [3.8, 4) is 5.75 Å². The summed E-state index contributed by atoms with van der Waals surface area (Å²) in [5, 5.41) is 7.33. The molecule has 82 valence electrons. The number of rotatable bonds is 3. The molecule has 0 heterocycles. The van der Waals surface area contributed by atoms with E-state index in [0.717, 1.165) is 16.9 Å². The minimum absolute atomic E-state index is 0.135. The van der Waals surface area contributed by atoms with Crippen LogP contribution in [0, 0.1) is 26.2 Å². The van der Waals surface area contributed by atoms with Gasteiger partial charge in [-0.15, -0.1) is 0 Å². The van der Waals surface area contributed by atoms with Crippen LogP contribution < -0.4 is 4.74 Å². The van der Waals surface area contributed by atoms with Gasteiger partial charge >= 0.3 is 0 Å². The molecule has 3 heteroatoms. The van der Waals surface area contributed by atoms with Gasteiger partial charge in [-0.05, 0) is 37.5 Å². The second-order valence-electron chi connectivity index (χ2n) is 3.57. The minimum atomic E-state index is 0.135. The molecule has 0 saturated carbocycles. The third-order valence-electron chi connectivity index (χ3n) is 2.47. The van der Waals surface area contributed by atoms with E-state index in [9.17, 15) is 0 Å². The molecule has 1 N–H and O–H groups in total. The van der Waals surface area contributed by atoms with Crippen molar-refractivity contribution in [2.24, 2.45) is 0 Å². The quantitative estimate of drug-likeness (QED) is 0.611. The number of hydrogen-bond donors (Lipinski definition) is 1. The number of benzene rings is 1. The van der Waals surface area contributed by atoms with E-state index >= 15 is 0 Å². The number of ether oxygens (including phenoxy) is 2. The molecule has 15 heavy (non-hydrogen) atoms. The van der Waals surface area contributed by atoms with Crippen molar-refractivity contribution in [3.63, 3.8) is 0 Å². The van der Waals surface area contributed by atoms with Crippen molar-refractivity contribution in [3.05, 3.63) is 28.8 Å². The Balaban J connectivity index is 2.84. The van der Waals surface area contributed by atoms with Gasteiger partial charge in [0.25, 0.3) is 0 Å². The van der Waals surface area contributed by atoms with E-state index in [4.69, 9.17) is 14.9 Å². The Hall–Kier alpha value is -1.51. The SMILES string of the molecule is COC(=N)COc1c(C)ccc(C)c1C. The highest BCUT2D eigenvalue weighted by Crippen LogP contribution is 2.25. The van der Waals surface area contributed by atoms with Crippen molar-refractivity contribution in [1.29, 1.82) is 5.41 Å². The molecule has 0 spiro atoms. The highest BCUT2D eigenvalue weighted by molar-refractivity contribution is 5.74. The molecule has 3 nitrogen and oxygen atoms in total. The molecular weight excluding hydrogens is 190 g/mol. The Morgan fingerprint density at radius 3 is 2.40 bits per heavy atom. The van der Waals surface area contributed by atoms with Crippen molar-refractivity contribution < 1.29 is 9.47 Å². The lowest BCUT2D eigenvalue weighted by atomic mass is 10.1. The fraction of sp³-hybridized carbons (Fsp3) is 0.417. The zero-order valence-corrected chi connectivity index (χ0v) is 9.68. The number of methoxy groups -OCH3 is 1. The lowest BCUT2D eigenvalue weighted by Gasteiger charge is -2.13. The summed E-state index contributed by atoms with van der Waals surface area (Å²) in [5.41, 5.74) is 3.40. The normalized spacial score (nSPS) is 9.87. The number of nitrogens with one attached hydrogen (secondary N) is 1. The van der Waals surface area contributed by atoms with E-state index in [1.165, 1.54) is 12.7 Å². The second-order valence-corrected chi connectivity index (χ2v) is 3.57. The highest BCUT2D eigenvalue weighted by atomic mass is 16.5. The average Bonchev–Trinajstić information content (AvgIpc) is 2.23. The molecule has 0 atom stereocenters. The van der Waals surface area contributed by atoms with E-state index in [1.807, 2.05) is 26.8 Å². The fourth-order valence-electron chi connectivity index (χ4n) is 1.34. The summed E-state index contributed by atoms with van der Waals surface area (Å²) in [4.78, 5) is 0. The Morgan fingerprint density at radius 1 is 1.20 bits per heavy atom. The van der Waals surface area contributed by atoms with E-state index < -0.39 is 0 Å². The summed E-state index contributed by atoms with van der Waals surface area (Å²) in [7, 11) is 1.47. The maximum atomic E-state index is 7.33. The maximum Gasteiger partial charge on any atom is 0.219 e. The summed E-state index contributed by atoms with van der Waals surface area (Å²) in [6, 6.07) is 4.09. The first-order valence-corrected chi connectivity index (χ1v) is 4.87. The van der Waals surface area contributed by atoms with Crippen LogP contribution in [-0.4, -0.2) is 19.6 Å². The smallest absolute Gasteiger partial charge is 0.219 e. The van der Waals surface area contributed by atoms with Gasteiger partial charge < -0.3 is 9.47 Å². The van der Waals surface area contributed by atoms with Crippen molar-refractivity contribution in [1.82, 2.24) is 0 Å². The van der Waals surface area contributed by atoms with Crippen molar-refractivity contribution in [2.75, 3.05) is 13.7 Å². The van der Waals surface area contributed by atoms with Crippen LogP contribution >= 0.6 is 0 Å². The van der Waals surface area contributed by atoms with Gasteiger partial charge in [0.2, 0.25) is 5.90 Å². The third-order valence-corrected chi connectivity index (χ3v) is 2.47. The van der Waals surface area contributed by atoms with Crippen LogP contribution in [0.25, 0.3) is 0 Å². The molecule has 0 aliphatic rings. The summed E-state index contributed by atoms with van der Waals surface area (Å²) in [6.07, 6.45) is 0. The predicted octanol–water partition coefficient (Wildman–Crippen LogP) is 2.61. The van der Waals surface area contributed by atoms with Crippen LogP contribution in [-0.2, 0) is 4.74 Å². The zero-order valence-electron chi connectivity index (χ0n) is 9.68. The predicted molar refractivity (Wildman–Crippen MR) is 60.9 cm³/mol. The largest absolute Gasteiger partial charge is 0.483 e. The van der Waals surface area contributed by atoms with E-state index in [-0.39, 0.29) is 12.5 Å². The van der Waals surface area contributed by atoms with Crippen LogP contribution in [0.5, 0.6) is 5.75 Å². The standard InChI is InChI=1S/C12H17NO2/c1-8-5-6-9(2)12(10(8)3)15-7-11(13)14-4/h5-6,13H,7H2,1-4H3. The average molecular weight is 207 g/mol. The third kappa shape index (κ3) is 2.72. The molecule has 0 bridgehead atoms. The molecule has 0 aliphatic heterocycles. The maximum absolute atomic E-state index is 7.33. The van der Waals surface area contributed by atoms with Crippen LogP contribution in [0.1, 0.15) is 16.7 Å². The van der Waals surface area contributed by atoms with Gasteiger partial charge in [0.1, 0.15) is 5.75 Å². The van der Waals surface area contributed by atoms with Gasteiger partial charge in [-0.25, -0.2) is 0 Å². The molecular formula is C12H17NO2. The van der Waals surface area contributed by atoms with E-state index in [0.29, 0.717) is 0 Å². The molecule has 0 aromatic heterocycles. The summed E-state index contributed by atoms with van der Waals surface area (Å²) in [5.74, 6) is 0.993. The topological polar surface area (TPSA) is 42.3 Å². The molecule has 0 unspecified atom stereocenters. The molecule has 0 saturated heterocycles. The zero-order chi connectivity index (χ0) is 11.4. The number of aryl methyl sites for hydroxylation is 2.